The molecule has 1 unspecified atom stereocenters. The van der Waals surface area contributed by atoms with Gasteiger partial charge in [0.2, 0.25) is 0 Å². The van der Waals surface area contributed by atoms with Gasteiger partial charge >= 0.3 is 6.03 Å². The van der Waals surface area contributed by atoms with Crippen molar-refractivity contribution in [3.8, 4) is 0 Å². The van der Waals surface area contributed by atoms with Crippen LogP contribution in [0.4, 0.5) is 4.79 Å². The summed E-state index contributed by atoms with van der Waals surface area (Å²) in [6.07, 6.45) is 0. The maximum absolute atomic E-state index is 12.5. The Bertz CT molecular complexity index is 614. The summed E-state index contributed by atoms with van der Waals surface area (Å²) >= 11 is 1.66. The topological polar surface area (TPSA) is 62.6 Å². The number of imide groups is 1. The summed E-state index contributed by atoms with van der Waals surface area (Å²) in [5.41, 5.74) is 0.887. The second-order valence-electron chi connectivity index (χ2n) is 5.01. The van der Waals surface area contributed by atoms with Crippen molar-refractivity contribution in [3.63, 3.8) is 0 Å². The first-order valence-corrected chi connectivity index (χ1v) is 7.92. The lowest BCUT2D eigenvalue weighted by molar-refractivity contribution is -0.915. The van der Waals surface area contributed by atoms with Crippen molar-refractivity contribution in [2.24, 2.45) is 0 Å². The van der Waals surface area contributed by atoms with Crippen molar-refractivity contribution >= 4 is 23.3 Å². The van der Waals surface area contributed by atoms with Gasteiger partial charge in [-0.25, -0.2) is 4.79 Å². The molecule has 0 bridgehead atoms. The van der Waals surface area contributed by atoms with Crippen molar-refractivity contribution in [2.75, 3.05) is 14.1 Å². The average Bonchev–Trinajstić information content (AvgIpc) is 3.01. The van der Waals surface area contributed by atoms with Gasteiger partial charge in [-0.3, -0.25) is 10.1 Å². The smallest absolute Gasteiger partial charge is 0.321 e. The van der Waals surface area contributed by atoms with E-state index in [0.29, 0.717) is 0 Å². The minimum absolute atomic E-state index is 0.306. The zero-order chi connectivity index (χ0) is 15.9. The number of urea groups is 1. The molecule has 3 N–H and O–H groups in total. The van der Waals surface area contributed by atoms with E-state index in [9.17, 15) is 9.59 Å². The molecule has 1 heterocycles. The maximum atomic E-state index is 12.5. The Balaban J connectivity index is 2.21. The quantitative estimate of drug-likeness (QED) is 0.769. The van der Waals surface area contributed by atoms with Crippen molar-refractivity contribution in [1.82, 2.24) is 10.6 Å². The zero-order valence-corrected chi connectivity index (χ0v) is 13.4. The first-order chi connectivity index (χ1) is 10.6. The van der Waals surface area contributed by atoms with Crippen LogP contribution in [0.1, 0.15) is 16.5 Å². The van der Waals surface area contributed by atoms with Crippen molar-refractivity contribution in [2.45, 2.75) is 12.6 Å². The van der Waals surface area contributed by atoms with Gasteiger partial charge in [0.15, 0.2) is 6.04 Å². The molecule has 0 fully saturated rings. The fraction of sp³-hybridized carbons (Fsp3) is 0.250. The van der Waals surface area contributed by atoms with Gasteiger partial charge in [-0.15, -0.1) is 11.3 Å². The van der Waals surface area contributed by atoms with Crippen LogP contribution in [0.5, 0.6) is 0 Å². The predicted molar refractivity (Wildman–Crippen MR) is 86.7 cm³/mol. The van der Waals surface area contributed by atoms with Crippen LogP contribution in [0.25, 0.3) is 0 Å². The molecule has 22 heavy (non-hydrogen) atoms. The molecule has 116 valence electrons. The highest BCUT2D eigenvalue weighted by molar-refractivity contribution is 7.09. The number of nitrogens with one attached hydrogen (secondary N) is 3. The zero-order valence-electron chi connectivity index (χ0n) is 12.6. The first kappa shape index (κ1) is 16.2. The van der Waals surface area contributed by atoms with E-state index in [-0.39, 0.29) is 5.91 Å². The summed E-state index contributed by atoms with van der Waals surface area (Å²) in [5.74, 6) is -0.306. The lowest BCUT2D eigenvalue weighted by Gasteiger charge is -2.23. The van der Waals surface area contributed by atoms with Crippen molar-refractivity contribution in [1.29, 1.82) is 0 Å². The second kappa shape index (κ2) is 7.72. The standard InChI is InChI=1S/C16H19N3O2S/c1-17-16(21)18-15(20)14(12-7-4-3-5-8-12)19(2)11-13-9-6-10-22-13/h3-10,14H,11H2,1-2H3,(H2,17,18,20,21)/p+1/t14-/m0/s1. The lowest BCUT2D eigenvalue weighted by Crippen LogP contribution is -3.09. The van der Waals surface area contributed by atoms with Crippen molar-refractivity contribution in [3.05, 3.63) is 58.3 Å². The van der Waals surface area contributed by atoms with Crippen LogP contribution in [0, 0.1) is 0 Å². The van der Waals surface area contributed by atoms with Gasteiger partial charge in [0.25, 0.3) is 5.91 Å². The summed E-state index contributed by atoms with van der Waals surface area (Å²) in [4.78, 5) is 26.2. The molecule has 0 aliphatic heterocycles. The molecule has 6 heteroatoms. The van der Waals surface area contributed by atoms with E-state index in [1.807, 2.05) is 54.9 Å². The number of rotatable bonds is 5. The Labute approximate surface area is 134 Å². The molecule has 0 radical (unpaired) electrons. The number of quaternary nitrogens is 1. The Kier molecular flexibility index (Phi) is 5.68. The van der Waals surface area contributed by atoms with Crippen LogP contribution < -0.4 is 15.5 Å². The fourth-order valence-corrected chi connectivity index (χ4v) is 3.14. The van der Waals surface area contributed by atoms with Crippen molar-refractivity contribution < 1.29 is 14.5 Å². The molecule has 0 saturated carbocycles. The van der Waals surface area contributed by atoms with Gasteiger partial charge in [-0.2, -0.15) is 0 Å². The Hall–Kier alpha value is -2.18. The molecule has 2 rings (SSSR count). The van der Waals surface area contributed by atoms with Gasteiger partial charge in [-0.1, -0.05) is 36.4 Å². The average molecular weight is 318 g/mol. The van der Waals surface area contributed by atoms with Gasteiger partial charge in [0.05, 0.1) is 11.9 Å². The highest BCUT2D eigenvalue weighted by atomic mass is 32.1. The summed E-state index contributed by atoms with van der Waals surface area (Å²) in [6.45, 7) is 0.721. The molecule has 1 aromatic heterocycles. The molecule has 1 aromatic carbocycles. The van der Waals surface area contributed by atoms with E-state index >= 15 is 0 Å². The Morgan fingerprint density at radius 3 is 2.50 bits per heavy atom. The maximum Gasteiger partial charge on any atom is 0.321 e. The first-order valence-electron chi connectivity index (χ1n) is 7.04. The Morgan fingerprint density at radius 1 is 1.18 bits per heavy atom. The minimum atomic E-state index is -0.491. The number of likely N-dealkylation sites (N-methyl/N-ethyl adjacent to an activating group) is 1. The molecule has 0 aliphatic rings. The predicted octanol–water partition coefficient (Wildman–Crippen LogP) is 0.960. The van der Waals surface area contributed by atoms with E-state index in [1.165, 1.54) is 11.9 Å². The molecule has 0 spiro atoms. The number of carbonyl (C=O) groups excluding carboxylic acids is 2. The van der Waals surface area contributed by atoms with Crippen LogP contribution >= 0.6 is 11.3 Å². The summed E-state index contributed by atoms with van der Waals surface area (Å²) in [6, 6.07) is 12.6. The molecule has 5 nitrogen and oxygen atoms in total. The van der Waals surface area contributed by atoms with E-state index in [1.54, 1.807) is 11.3 Å². The van der Waals surface area contributed by atoms with Crippen LogP contribution in [0.2, 0.25) is 0 Å². The van der Waals surface area contributed by atoms with Gasteiger partial charge in [-0.05, 0) is 11.4 Å². The summed E-state index contributed by atoms with van der Waals surface area (Å²) < 4.78 is 0. The highest BCUT2D eigenvalue weighted by Gasteiger charge is 2.30. The highest BCUT2D eigenvalue weighted by Crippen LogP contribution is 2.12. The molecular formula is C16H20N3O2S+. The number of amides is 3. The van der Waals surface area contributed by atoms with Gasteiger partial charge in [0.1, 0.15) is 6.54 Å². The van der Waals surface area contributed by atoms with Crippen LogP contribution in [-0.2, 0) is 11.3 Å². The molecule has 0 saturated heterocycles. The third-order valence-corrected chi connectivity index (χ3v) is 4.26. The second-order valence-corrected chi connectivity index (χ2v) is 6.05. The third kappa shape index (κ3) is 4.16. The van der Waals surface area contributed by atoms with E-state index in [0.717, 1.165) is 17.0 Å². The molecule has 0 aliphatic carbocycles. The molecular weight excluding hydrogens is 298 g/mol. The molecule has 2 atom stereocenters. The van der Waals surface area contributed by atoms with E-state index < -0.39 is 12.1 Å². The summed E-state index contributed by atoms with van der Waals surface area (Å²) in [7, 11) is 3.45. The number of hydrogen-bond acceptors (Lipinski definition) is 3. The normalized spacial score (nSPS) is 13.2. The van der Waals surface area contributed by atoms with Gasteiger partial charge < -0.3 is 10.2 Å². The number of carbonyl (C=O) groups is 2. The van der Waals surface area contributed by atoms with E-state index in [2.05, 4.69) is 10.6 Å². The fourth-order valence-electron chi connectivity index (χ4n) is 2.34. The van der Waals surface area contributed by atoms with Crippen LogP contribution in [0.3, 0.4) is 0 Å². The summed E-state index contributed by atoms with van der Waals surface area (Å²) in [5, 5.41) is 6.81. The van der Waals surface area contributed by atoms with Crippen LogP contribution in [-0.4, -0.2) is 26.0 Å². The third-order valence-electron chi connectivity index (χ3n) is 3.38. The van der Waals surface area contributed by atoms with Gasteiger partial charge in [0, 0.05) is 12.6 Å². The number of hydrogen-bond donors (Lipinski definition) is 3. The van der Waals surface area contributed by atoms with E-state index in [4.69, 9.17) is 0 Å². The van der Waals surface area contributed by atoms with Crippen LogP contribution in [0.15, 0.2) is 47.8 Å². The monoisotopic (exact) mass is 318 g/mol. The number of benzene rings is 1. The number of thiophene rings is 1. The Morgan fingerprint density at radius 2 is 1.91 bits per heavy atom. The SMILES string of the molecule is CNC(=O)NC(=O)[C@H](c1ccccc1)[NH+](C)Cc1cccs1. The molecule has 2 aromatic rings. The molecule has 3 amide bonds. The minimum Gasteiger partial charge on any atom is -0.341 e. The lowest BCUT2D eigenvalue weighted by atomic mass is 10.0. The largest absolute Gasteiger partial charge is 0.341 e.